The number of hydrogen-bond donors (Lipinski definition) is 0. The maximum atomic E-state index is 6.52. The minimum absolute atomic E-state index is 0.0815. The molecule has 0 amide bonds. The van der Waals surface area contributed by atoms with Crippen LogP contribution in [0.1, 0.15) is 37.5 Å². The second kappa shape index (κ2) is 9.74. The molecule has 0 fully saturated rings. The maximum Gasteiger partial charge on any atom is 0.147 e. The summed E-state index contributed by atoms with van der Waals surface area (Å²) in [7, 11) is 0. The fourth-order valence-electron chi connectivity index (χ4n) is 3.72. The molecule has 4 aromatic carbocycles. The van der Waals surface area contributed by atoms with Gasteiger partial charge in [0.05, 0.1) is 5.02 Å². The van der Waals surface area contributed by atoms with Gasteiger partial charge < -0.3 is 9.64 Å². The smallest absolute Gasteiger partial charge is 0.147 e. The van der Waals surface area contributed by atoms with Crippen molar-refractivity contribution in [3.05, 3.63) is 112 Å². The number of anilines is 3. The maximum absolute atomic E-state index is 6.52. The zero-order valence-corrected chi connectivity index (χ0v) is 21.7. The largest absolute Gasteiger partial charge is 0.456 e. The second-order valence-corrected chi connectivity index (χ2v) is 10.4. The number of aryl methyl sites for hydroxylation is 2. The number of halogens is 2. The van der Waals surface area contributed by atoms with Crippen molar-refractivity contribution in [1.29, 1.82) is 0 Å². The highest BCUT2D eigenvalue weighted by Crippen LogP contribution is 2.41. The lowest BCUT2D eigenvalue weighted by molar-refractivity contribution is 0.479. The molecular weight excluding hydrogens is 461 g/mol. The molecule has 4 heteroatoms. The Morgan fingerprint density at radius 2 is 1.24 bits per heavy atom. The molecule has 0 bridgehead atoms. The van der Waals surface area contributed by atoms with Gasteiger partial charge in [-0.25, -0.2) is 0 Å². The summed E-state index contributed by atoms with van der Waals surface area (Å²) in [5.74, 6) is 1.24. The molecular formula is C30H29Cl2NO. The van der Waals surface area contributed by atoms with Crippen LogP contribution in [0.5, 0.6) is 11.5 Å². The molecule has 0 spiro atoms. The summed E-state index contributed by atoms with van der Waals surface area (Å²) in [6.07, 6.45) is 0. The van der Waals surface area contributed by atoms with Crippen molar-refractivity contribution in [3.63, 3.8) is 0 Å². The average Bonchev–Trinajstić information content (AvgIpc) is 2.79. The van der Waals surface area contributed by atoms with Crippen molar-refractivity contribution in [2.24, 2.45) is 0 Å². The highest BCUT2D eigenvalue weighted by molar-refractivity contribution is 6.43. The molecule has 0 heterocycles. The number of hydrogen-bond acceptors (Lipinski definition) is 2. The summed E-state index contributed by atoms with van der Waals surface area (Å²) in [5.41, 5.74) is 6.55. The van der Waals surface area contributed by atoms with E-state index in [-0.39, 0.29) is 5.41 Å². The quantitative estimate of drug-likeness (QED) is 0.276. The third kappa shape index (κ3) is 5.41. The van der Waals surface area contributed by atoms with Gasteiger partial charge in [-0.15, -0.1) is 0 Å². The summed E-state index contributed by atoms with van der Waals surface area (Å²) in [6, 6.07) is 28.9. The molecule has 0 radical (unpaired) electrons. The van der Waals surface area contributed by atoms with E-state index in [1.54, 1.807) is 0 Å². The monoisotopic (exact) mass is 489 g/mol. The predicted octanol–water partition coefficient (Wildman–Crippen LogP) is 10.2. The van der Waals surface area contributed by atoms with Crippen LogP contribution in [-0.2, 0) is 5.41 Å². The van der Waals surface area contributed by atoms with Gasteiger partial charge in [0.1, 0.15) is 16.5 Å². The van der Waals surface area contributed by atoms with Gasteiger partial charge in [-0.3, -0.25) is 0 Å². The van der Waals surface area contributed by atoms with E-state index in [4.69, 9.17) is 27.9 Å². The van der Waals surface area contributed by atoms with Crippen LogP contribution in [-0.4, -0.2) is 0 Å². The van der Waals surface area contributed by atoms with Crippen molar-refractivity contribution in [2.75, 3.05) is 4.90 Å². The minimum Gasteiger partial charge on any atom is -0.456 e. The van der Waals surface area contributed by atoms with Gasteiger partial charge in [0.15, 0.2) is 0 Å². The molecule has 0 N–H and O–H groups in total. The molecule has 0 aromatic heterocycles. The van der Waals surface area contributed by atoms with Crippen LogP contribution in [0.2, 0.25) is 10.0 Å². The van der Waals surface area contributed by atoms with Crippen molar-refractivity contribution in [3.8, 4) is 11.5 Å². The van der Waals surface area contributed by atoms with Gasteiger partial charge in [-0.1, -0.05) is 85.4 Å². The molecule has 0 atom stereocenters. The lowest BCUT2D eigenvalue weighted by atomic mass is 9.87. The Morgan fingerprint density at radius 1 is 0.676 bits per heavy atom. The standard InChI is InChI=1S/C30H29Cl2NO/c1-20-9-13-23(14-10-20)33(24-15-11-21(2)12-16-24)25-7-6-8-26(19-25)34-28-18-22(30(3,4)5)17-27(31)29(28)32/h6-19H,1-5H3. The van der Waals surface area contributed by atoms with Crippen molar-refractivity contribution >= 4 is 40.3 Å². The molecule has 0 aliphatic rings. The van der Waals surface area contributed by atoms with Gasteiger partial charge in [-0.05, 0) is 73.4 Å². The Labute approximate surface area is 212 Å². The fourth-order valence-corrected chi connectivity index (χ4v) is 4.08. The van der Waals surface area contributed by atoms with Crippen molar-refractivity contribution in [1.82, 2.24) is 0 Å². The van der Waals surface area contributed by atoms with Crippen LogP contribution in [0, 0.1) is 13.8 Å². The summed E-state index contributed by atoms with van der Waals surface area (Å²) < 4.78 is 6.28. The van der Waals surface area contributed by atoms with E-state index < -0.39 is 0 Å². The Balaban J connectivity index is 1.76. The number of ether oxygens (including phenoxy) is 1. The van der Waals surface area contributed by atoms with Crippen molar-refractivity contribution < 1.29 is 4.74 Å². The van der Waals surface area contributed by atoms with E-state index >= 15 is 0 Å². The van der Waals surface area contributed by atoms with E-state index in [9.17, 15) is 0 Å². The first kappa shape index (κ1) is 24.2. The van der Waals surface area contributed by atoms with E-state index in [1.807, 2.05) is 30.3 Å². The summed E-state index contributed by atoms with van der Waals surface area (Å²) in [5, 5.41) is 0.898. The second-order valence-electron chi connectivity index (χ2n) is 9.63. The SMILES string of the molecule is Cc1ccc(N(c2ccc(C)cc2)c2cccc(Oc3cc(C(C)(C)C)cc(Cl)c3Cl)c2)cc1. The molecule has 0 saturated carbocycles. The van der Waals surface area contributed by atoms with Crippen molar-refractivity contribution in [2.45, 2.75) is 40.0 Å². The molecule has 174 valence electrons. The Kier molecular flexibility index (Phi) is 6.93. The summed E-state index contributed by atoms with van der Waals surface area (Å²) in [4.78, 5) is 2.21. The summed E-state index contributed by atoms with van der Waals surface area (Å²) >= 11 is 13.0. The van der Waals surface area contributed by atoms with Crippen LogP contribution in [0.4, 0.5) is 17.1 Å². The number of rotatable bonds is 5. The first-order chi connectivity index (χ1) is 16.1. The Morgan fingerprint density at radius 3 is 1.76 bits per heavy atom. The van der Waals surface area contributed by atoms with Crippen LogP contribution in [0.25, 0.3) is 0 Å². The molecule has 0 aliphatic heterocycles. The van der Waals surface area contributed by atoms with E-state index in [0.29, 0.717) is 21.5 Å². The van der Waals surface area contributed by atoms with Gasteiger partial charge in [0.2, 0.25) is 0 Å². The highest BCUT2D eigenvalue weighted by atomic mass is 35.5. The molecule has 4 aromatic rings. The predicted molar refractivity (Wildman–Crippen MR) is 146 cm³/mol. The van der Waals surface area contributed by atoms with E-state index in [0.717, 1.165) is 22.6 Å². The lowest BCUT2D eigenvalue weighted by Gasteiger charge is -2.26. The Bertz CT molecular complexity index is 1240. The third-order valence-corrected chi connectivity index (χ3v) is 6.53. The molecule has 0 saturated heterocycles. The van der Waals surface area contributed by atoms with Crippen LogP contribution in [0.3, 0.4) is 0 Å². The summed E-state index contributed by atoms with van der Waals surface area (Å²) in [6.45, 7) is 10.6. The number of nitrogens with zero attached hydrogens (tertiary/aromatic N) is 1. The molecule has 4 rings (SSSR count). The minimum atomic E-state index is -0.0815. The normalized spacial score (nSPS) is 11.4. The van der Waals surface area contributed by atoms with Gasteiger partial charge in [0.25, 0.3) is 0 Å². The zero-order chi connectivity index (χ0) is 24.5. The molecule has 0 unspecified atom stereocenters. The van der Waals surface area contributed by atoms with Crippen LogP contribution >= 0.6 is 23.2 Å². The average molecular weight is 490 g/mol. The molecule has 0 aliphatic carbocycles. The molecule has 34 heavy (non-hydrogen) atoms. The van der Waals surface area contributed by atoms with E-state index in [2.05, 4.69) is 94.1 Å². The highest BCUT2D eigenvalue weighted by Gasteiger charge is 2.19. The third-order valence-electron chi connectivity index (χ3n) is 5.75. The van der Waals surface area contributed by atoms with Crippen LogP contribution < -0.4 is 9.64 Å². The lowest BCUT2D eigenvalue weighted by Crippen LogP contribution is -2.11. The fraction of sp³-hybridized carbons (Fsp3) is 0.200. The van der Waals surface area contributed by atoms with Crippen LogP contribution in [0.15, 0.2) is 84.9 Å². The van der Waals surface area contributed by atoms with Gasteiger partial charge >= 0.3 is 0 Å². The van der Waals surface area contributed by atoms with Gasteiger partial charge in [0, 0.05) is 23.1 Å². The topological polar surface area (TPSA) is 12.5 Å². The molecule has 2 nitrogen and oxygen atoms in total. The van der Waals surface area contributed by atoms with Gasteiger partial charge in [-0.2, -0.15) is 0 Å². The zero-order valence-electron chi connectivity index (χ0n) is 20.2. The first-order valence-electron chi connectivity index (χ1n) is 11.3. The number of benzene rings is 4. The Hall–Kier alpha value is -2.94. The first-order valence-corrected chi connectivity index (χ1v) is 12.1. The van der Waals surface area contributed by atoms with E-state index in [1.165, 1.54) is 11.1 Å².